The van der Waals surface area contributed by atoms with Crippen LogP contribution in [0.5, 0.6) is 0 Å². The lowest BCUT2D eigenvalue weighted by atomic mass is 10.2. The first kappa shape index (κ1) is 19.1. The van der Waals surface area contributed by atoms with Crippen molar-refractivity contribution in [1.82, 2.24) is 4.98 Å². The molecule has 28 heavy (non-hydrogen) atoms. The molecule has 0 unspecified atom stereocenters. The largest absolute Gasteiger partial charge is 0.431 e. The summed E-state index contributed by atoms with van der Waals surface area (Å²) in [5.74, 6) is -0.107. The van der Waals surface area contributed by atoms with Crippen molar-refractivity contribution in [2.75, 3.05) is 36.5 Å². The van der Waals surface area contributed by atoms with Crippen LogP contribution in [0.3, 0.4) is 0 Å². The summed E-state index contributed by atoms with van der Waals surface area (Å²) in [5.41, 5.74) is 3.23. The molecule has 0 spiro atoms. The molecule has 4 rings (SSSR count). The van der Waals surface area contributed by atoms with Crippen molar-refractivity contribution in [3.05, 3.63) is 47.5 Å². The molecule has 1 fully saturated rings. The molecular formula is C20H20ClN3O3S. The van der Waals surface area contributed by atoms with E-state index >= 15 is 0 Å². The lowest BCUT2D eigenvalue weighted by Gasteiger charge is -2.28. The number of hydrogen-bond acceptors (Lipinski definition) is 6. The third kappa shape index (κ3) is 4.43. The number of morpholine rings is 1. The summed E-state index contributed by atoms with van der Waals surface area (Å²) in [4.78, 5) is 19.2. The number of halogens is 1. The van der Waals surface area contributed by atoms with Gasteiger partial charge in [-0.15, -0.1) is 0 Å². The Bertz CT molecular complexity index is 970. The number of oxazole rings is 1. The lowest BCUT2D eigenvalue weighted by Crippen LogP contribution is -2.36. The van der Waals surface area contributed by atoms with E-state index in [1.165, 1.54) is 11.8 Å². The number of hydrogen-bond donors (Lipinski definition) is 1. The van der Waals surface area contributed by atoms with Gasteiger partial charge in [-0.3, -0.25) is 4.79 Å². The number of nitrogens with zero attached hydrogens (tertiary/aromatic N) is 2. The van der Waals surface area contributed by atoms with Crippen molar-refractivity contribution < 1.29 is 13.9 Å². The zero-order chi connectivity index (χ0) is 19.5. The molecule has 0 aliphatic carbocycles. The summed E-state index contributed by atoms with van der Waals surface area (Å²) in [6.45, 7) is 5.08. The molecule has 1 aliphatic heterocycles. The average molecular weight is 418 g/mol. The summed E-state index contributed by atoms with van der Waals surface area (Å²) in [7, 11) is 0. The van der Waals surface area contributed by atoms with Crippen molar-refractivity contribution in [2.24, 2.45) is 0 Å². The third-order valence-electron chi connectivity index (χ3n) is 4.49. The van der Waals surface area contributed by atoms with Gasteiger partial charge in [-0.25, -0.2) is 4.98 Å². The minimum absolute atomic E-state index is 0.107. The number of amides is 1. The van der Waals surface area contributed by atoms with Gasteiger partial charge in [0.15, 0.2) is 5.58 Å². The summed E-state index contributed by atoms with van der Waals surface area (Å²) in [5, 5.41) is 3.62. The van der Waals surface area contributed by atoms with E-state index in [4.69, 9.17) is 20.8 Å². The molecule has 8 heteroatoms. The van der Waals surface area contributed by atoms with Gasteiger partial charge in [0, 0.05) is 35.6 Å². The Labute approximate surface area is 172 Å². The van der Waals surface area contributed by atoms with E-state index in [1.807, 2.05) is 31.2 Å². The second-order valence-corrected chi connectivity index (χ2v) is 8.22. The fourth-order valence-corrected chi connectivity index (χ4v) is 3.87. The van der Waals surface area contributed by atoms with Crippen LogP contribution in [-0.2, 0) is 9.53 Å². The number of fused-ring (bicyclic) bond motifs is 1. The molecule has 1 saturated heterocycles. The number of ether oxygens (including phenoxy) is 1. The van der Waals surface area contributed by atoms with Gasteiger partial charge in [0.2, 0.25) is 5.91 Å². The fourth-order valence-electron chi connectivity index (χ4n) is 2.95. The second-order valence-electron chi connectivity index (χ2n) is 6.49. The Morgan fingerprint density at radius 2 is 1.96 bits per heavy atom. The highest BCUT2D eigenvalue weighted by Gasteiger charge is 2.19. The molecule has 6 nitrogen and oxygen atoms in total. The number of thioether (sulfide) groups is 1. The van der Waals surface area contributed by atoms with E-state index in [0.29, 0.717) is 15.8 Å². The van der Waals surface area contributed by atoms with Crippen LogP contribution in [0, 0.1) is 0 Å². The van der Waals surface area contributed by atoms with Crippen LogP contribution in [0.15, 0.2) is 52.1 Å². The first-order chi connectivity index (χ1) is 13.6. The molecule has 0 bridgehead atoms. The second kappa shape index (κ2) is 8.43. The van der Waals surface area contributed by atoms with E-state index in [1.54, 1.807) is 18.2 Å². The van der Waals surface area contributed by atoms with Crippen molar-refractivity contribution >= 4 is 51.7 Å². The maximum absolute atomic E-state index is 12.5. The van der Waals surface area contributed by atoms with Crippen LogP contribution < -0.4 is 10.2 Å². The van der Waals surface area contributed by atoms with Gasteiger partial charge < -0.3 is 19.4 Å². The maximum atomic E-state index is 12.5. The van der Waals surface area contributed by atoms with Gasteiger partial charge in [0.25, 0.3) is 5.22 Å². The van der Waals surface area contributed by atoms with Crippen LogP contribution in [0.2, 0.25) is 5.02 Å². The van der Waals surface area contributed by atoms with E-state index in [0.717, 1.165) is 43.2 Å². The molecule has 1 aliphatic rings. The predicted octanol–water partition coefficient (Wildman–Crippen LogP) is 4.44. The highest BCUT2D eigenvalue weighted by molar-refractivity contribution is 8.00. The van der Waals surface area contributed by atoms with Crippen LogP contribution >= 0.6 is 23.4 Å². The molecule has 2 heterocycles. The van der Waals surface area contributed by atoms with Crippen LogP contribution in [0.25, 0.3) is 11.1 Å². The van der Waals surface area contributed by atoms with Gasteiger partial charge >= 0.3 is 0 Å². The quantitative estimate of drug-likeness (QED) is 0.619. The molecule has 0 radical (unpaired) electrons. The van der Waals surface area contributed by atoms with E-state index in [-0.39, 0.29) is 11.2 Å². The molecule has 1 atom stereocenters. The molecule has 3 aromatic rings. The highest BCUT2D eigenvalue weighted by Crippen LogP contribution is 2.29. The first-order valence-electron chi connectivity index (χ1n) is 9.05. The molecule has 2 aromatic carbocycles. The van der Waals surface area contributed by atoms with Crippen molar-refractivity contribution in [2.45, 2.75) is 17.4 Å². The Morgan fingerprint density at radius 3 is 2.71 bits per heavy atom. The average Bonchev–Trinajstić information content (AvgIpc) is 3.10. The summed E-state index contributed by atoms with van der Waals surface area (Å²) in [6, 6.07) is 13.1. The Kier molecular flexibility index (Phi) is 5.75. The standard InChI is InChI=1S/C20H20ClN3O3S/c1-13(28-20-23-17-7-2-14(21)12-18(17)27-20)19(25)22-15-3-5-16(6-4-15)24-8-10-26-11-9-24/h2-7,12-13H,8-11H2,1H3,(H,22,25)/t13-/m1/s1. The smallest absolute Gasteiger partial charge is 0.257 e. The predicted molar refractivity (Wildman–Crippen MR) is 112 cm³/mol. The topological polar surface area (TPSA) is 67.6 Å². The van der Waals surface area contributed by atoms with Crippen molar-refractivity contribution in [3.63, 3.8) is 0 Å². The van der Waals surface area contributed by atoms with Crippen LogP contribution in [0.4, 0.5) is 11.4 Å². The minimum atomic E-state index is -0.359. The van der Waals surface area contributed by atoms with Crippen LogP contribution in [0.1, 0.15) is 6.92 Å². The minimum Gasteiger partial charge on any atom is -0.431 e. The Morgan fingerprint density at radius 1 is 1.21 bits per heavy atom. The number of benzene rings is 2. The number of aromatic nitrogens is 1. The third-order valence-corrected chi connectivity index (χ3v) is 5.67. The van der Waals surface area contributed by atoms with Crippen molar-refractivity contribution in [3.8, 4) is 0 Å². The first-order valence-corrected chi connectivity index (χ1v) is 10.3. The van der Waals surface area contributed by atoms with Gasteiger partial charge in [0.05, 0.1) is 18.5 Å². The van der Waals surface area contributed by atoms with Crippen LogP contribution in [-0.4, -0.2) is 42.4 Å². The molecule has 1 amide bonds. The molecular weight excluding hydrogens is 398 g/mol. The lowest BCUT2D eigenvalue weighted by molar-refractivity contribution is -0.115. The van der Waals surface area contributed by atoms with Gasteiger partial charge in [-0.1, -0.05) is 23.4 Å². The number of anilines is 2. The Hall–Kier alpha value is -2.22. The Balaban J connectivity index is 1.36. The van der Waals surface area contributed by atoms with Gasteiger partial charge in [-0.05, 0) is 43.3 Å². The number of carbonyl (C=O) groups is 1. The van der Waals surface area contributed by atoms with E-state index in [2.05, 4.69) is 15.2 Å². The SMILES string of the molecule is C[C@@H](Sc1nc2ccc(Cl)cc2o1)C(=O)Nc1ccc(N2CCOCC2)cc1. The summed E-state index contributed by atoms with van der Waals surface area (Å²) < 4.78 is 11.1. The zero-order valence-electron chi connectivity index (χ0n) is 15.4. The van der Waals surface area contributed by atoms with Gasteiger partial charge in [-0.2, -0.15) is 0 Å². The maximum Gasteiger partial charge on any atom is 0.257 e. The van der Waals surface area contributed by atoms with E-state index in [9.17, 15) is 4.79 Å². The fraction of sp³-hybridized carbons (Fsp3) is 0.300. The molecule has 146 valence electrons. The zero-order valence-corrected chi connectivity index (χ0v) is 16.9. The monoisotopic (exact) mass is 417 g/mol. The number of rotatable bonds is 5. The summed E-state index contributed by atoms with van der Waals surface area (Å²) >= 11 is 7.24. The highest BCUT2D eigenvalue weighted by atomic mass is 35.5. The summed E-state index contributed by atoms with van der Waals surface area (Å²) in [6.07, 6.45) is 0. The molecule has 1 aromatic heterocycles. The van der Waals surface area contributed by atoms with Gasteiger partial charge in [0.1, 0.15) is 5.52 Å². The number of nitrogens with one attached hydrogen (secondary N) is 1. The molecule has 1 N–H and O–H groups in total. The number of carbonyl (C=O) groups excluding carboxylic acids is 1. The molecule has 0 saturated carbocycles. The van der Waals surface area contributed by atoms with E-state index < -0.39 is 0 Å². The van der Waals surface area contributed by atoms with Crippen molar-refractivity contribution in [1.29, 1.82) is 0 Å². The normalized spacial score (nSPS) is 15.6.